The van der Waals surface area contributed by atoms with Crippen molar-refractivity contribution in [3.63, 3.8) is 0 Å². The van der Waals surface area contributed by atoms with Gasteiger partial charge in [0.1, 0.15) is 10.1 Å². The molecule has 0 aliphatic rings. The highest BCUT2D eigenvalue weighted by Crippen LogP contribution is 2.40. The Morgan fingerprint density at radius 3 is 2.44 bits per heavy atom. The second kappa shape index (κ2) is 5.93. The molecule has 0 aromatic carbocycles. The van der Waals surface area contributed by atoms with Crippen LogP contribution in [0, 0.1) is 0 Å². The van der Waals surface area contributed by atoms with Gasteiger partial charge in [0.2, 0.25) is 0 Å². The van der Waals surface area contributed by atoms with Crippen LogP contribution in [0.2, 0.25) is 18.1 Å². The topological polar surface area (TPSA) is 22.1 Å². The molecule has 0 radical (unpaired) electrons. The number of pyridine rings is 1. The molecule has 0 aliphatic carbocycles. The van der Waals surface area contributed by atoms with Crippen molar-refractivity contribution in [1.29, 1.82) is 0 Å². The first kappa shape index (κ1) is 15.3. The van der Waals surface area contributed by atoms with E-state index in [-0.39, 0.29) is 5.04 Å². The Balaban J connectivity index is 2.76. The Kier molecular flexibility index (Phi) is 5.05. The highest BCUT2D eigenvalue weighted by atomic mass is 32.2. The molecule has 1 rings (SSSR count). The summed E-state index contributed by atoms with van der Waals surface area (Å²) in [6.45, 7) is 13.3. The number of aromatic nitrogens is 1. The maximum Gasteiger partial charge on any atom is 0.251 e. The predicted octanol–water partition coefficient (Wildman–Crippen LogP) is 5.06. The van der Waals surface area contributed by atoms with Crippen LogP contribution in [0.3, 0.4) is 0 Å². The van der Waals surface area contributed by atoms with Gasteiger partial charge in [0.15, 0.2) is 0 Å². The molecular formula is C14H23NOSSi. The molecule has 0 saturated heterocycles. The lowest BCUT2D eigenvalue weighted by Gasteiger charge is -2.36. The lowest BCUT2D eigenvalue weighted by molar-refractivity contribution is 0.417. The van der Waals surface area contributed by atoms with E-state index in [4.69, 9.17) is 4.43 Å². The zero-order valence-corrected chi connectivity index (χ0v) is 14.0. The highest BCUT2D eigenvalue weighted by Gasteiger charge is 2.39. The van der Waals surface area contributed by atoms with Crippen LogP contribution in [0.25, 0.3) is 0 Å². The molecule has 1 aromatic heterocycles. The average Bonchev–Trinajstić information content (AvgIpc) is 2.27. The van der Waals surface area contributed by atoms with Crippen molar-refractivity contribution < 1.29 is 4.43 Å². The summed E-state index contributed by atoms with van der Waals surface area (Å²) in [7, 11) is -1.76. The summed E-state index contributed by atoms with van der Waals surface area (Å²) in [5, 5.41) is 2.15. The van der Waals surface area contributed by atoms with Gasteiger partial charge in [-0.15, -0.1) is 0 Å². The molecular weight excluding hydrogens is 258 g/mol. The van der Waals surface area contributed by atoms with Gasteiger partial charge in [-0.05, 0) is 55.0 Å². The zero-order valence-electron chi connectivity index (χ0n) is 12.2. The van der Waals surface area contributed by atoms with Gasteiger partial charge in [-0.25, -0.2) is 4.98 Å². The predicted molar refractivity (Wildman–Crippen MR) is 82.1 cm³/mol. The van der Waals surface area contributed by atoms with Crippen LogP contribution < -0.4 is 0 Å². The van der Waals surface area contributed by atoms with Crippen molar-refractivity contribution in [2.24, 2.45) is 0 Å². The molecule has 1 aromatic rings. The molecule has 0 amide bonds. The summed E-state index contributed by atoms with van der Waals surface area (Å²) in [5.41, 5.74) is 0. The minimum Gasteiger partial charge on any atom is -0.539 e. The number of hydrogen-bond donors (Lipinski definition) is 0. The standard InChI is InChI=1S/C14H23NOSSi/c1-7-13(16-18(5,6)14(2,3)4)17-12-10-8-9-11-15-12/h7-11H,1-6H3. The molecule has 1 heterocycles. The molecule has 0 unspecified atom stereocenters. The van der Waals surface area contributed by atoms with Gasteiger partial charge in [-0.1, -0.05) is 26.8 Å². The minimum atomic E-state index is -1.76. The number of allylic oxidation sites excluding steroid dienone is 1. The summed E-state index contributed by atoms with van der Waals surface area (Å²) in [6, 6.07) is 5.92. The van der Waals surface area contributed by atoms with Crippen LogP contribution in [0.15, 0.2) is 40.6 Å². The minimum absolute atomic E-state index is 0.214. The third-order valence-electron chi connectivity index (χ3n) is 3.24. The molecule has 4 heteroatoms. The fourth-order valence-corrected chi connectivity index (χ4v) is 3.36. The van der Waals surface area contributed by atoms with Crippen molar-refractivity contribution in [3.05, 3.63) is 35.6 Å². The van der Waals surface area contributed by atoms with Gasteiger partial charge in [0.05, 0.1) is 0 Å². The summed E-state index contributed by atoms with van der Waals surface area (Å²) in [4.78, 5) is 4.32. The maximum atomic E-state index is 6.28. The molecule has 0 spiro atoms. The Bertz CT molecular complexity index is 410. The van der Waals surface area contributed by atoms with Crippen molar-refractivity contribution in [2.75, 3.05) is 0 Å². The first-order valence-electron chi connectivity index (χ1n) is 6.20. The normalized spacial score (nSPS) is 13.6. The molecule has 2 nitrogen and oxygen atoms in total. The molecule has 100 valence electrons. The SMILES string of the molecule is CC=C(O[Si](C)(C)C(C)(C)C)Sc1ccccn1. The van der Waals surface area contributed by atoms with Crippen LogP contribution in [0.4, 0.5) is 0 Å². The number of nitrogens with zero attached hydrogens (tertiary/aromatic N) is 1. The van der Waals surface area contributed by atoms with E-state index in [9.17, 15) is 0 Å². The third kappa shape index (κ3) is 4.17. The Morgan fingerprint density at radius 1 is 1.33 bits per heavy atom. The molecule has 18 heavy (non-hydrogen) atoms. The fourth-order valence-electron chi connectivity index (χ4n) is 1.05. The van der Waals surface area contributed by atoms with Crippen LogP contribution in [-0.2, 0) is 4.43 Å². The lowest BCUT2D eigenvalue weighted by atomic mass is 10.2. The van der Waals surface area contributed by atoms with Crippen molar-refractivity contribution in [2.45, 2.75) is 50.9 Å². The van der Waals surface area contributed by atoms with Crippen molar-refractivity contribution in [1.82, 2.24) is 4.98 Å². The second-order valence-electron chi connectivity index (χ2n) is 5.74. The summed E-state index contributed by atoms with van der Waals surface area (Å²) < 4.78 is 6.28. The van der Waals surface area contributed by atoms with Gasteiger partial charge >= 0.3 is 0 Å². The molecule has 0 N–H and O–H groups in total. The third-order valence-corrected chi connectivity index (χ3v) is 8.70. The first-order valence-corrected chi connectivity index (χ1v) is 9.93. The van der Waals surface area contributed by atoms with Gasteiger partial charge in [-0.3, -0.25) is 0 Å². The summed E-state index contributed by atoms with van der Waals surface area (Å²) in [6.07, 6.45) is 3.84. The number of rotatable bonds is 4. The Labute approximate surface area is 116 Å². The van der Waals surface area contributed by atoms with E-state index >= 15 is 0 Å². The monoisotopic (exact) mass is 281 g/mol. The van der Waals surface area contributed by atoms with E-state index in [0.717, 1.165) is 10.1 Å². The van der Waals surface area contributed by atoms with Gasteiger partial charge < -0.3 is 4.43 Å². The second-order valence-corrected chi connectivity index (χ2v) is 11.5. The molecule has 0 fully saturated rings. The van der Waals surface area contributed by atoms with Crippen LogP contribution in [0.1, 0.15) is 27.7 Å². The van der Waals surface area contributed by atoms with Gasteiger partial charge in [0, 0.05) is 6.20 Å². The van der Waals surface area contributed by atoms with E-state index in [1.54, 1.807) is 11.8 Å². The van der Waals surface area contributed by atoms with Crippen molar-refractivity contribution >= 4 is 20.1 Å². The summed E-state index contributed by atoms with van der Waals surface area (Å²) >= 11 is 1.59. The quantitative estimate of drug-likeness (QED) is 0.437. The van der Waals surface area contributed by atoms with E-state index < -0.39 is 8.32 Å². The fraction of sp³-hybridized carbons (Fsp3) is 0.500. The Morgan fingerprint density at radius 2 is 2.00 bits per heavy atom. The molecule has 0 bridgehead atoms. The smallest absolute Gasteiger partial charge is 0.251 e. The number of hydrogen-bond acceptors (Lipinski definition) is 3. The largest absolute Gasteiger partial charge is 0.539 e. The van der Waals surface area contributed by atoms with Crippen LogP contribution >= 0.6 is 11.8 Å². The van der Waals surface area contributed by atoms with E-state index in [0.29, 0.717) is 0 Å². The number of thioether (sulfide) groups is 1. The molecule has 0 aliphatic heterocycles. The summed E-state index contributed by atoms with van der Waals surface area (Å²) in [5.74, 6) is 0. The molecule has 0 atom stereocenters. The maximum absolute atomic E-state index is 6.28. The molecule has 0 saturated carbocycles. The van der Waals surface area contributed by atoms with E-state index in [1.807, 2.05) is 37.4 Å². The lowest BCUT2D eigenvalue weighted by Crippen LogP contribution is -2.40. The van der Waals surface area contributed by atoms with Crippen LogP contribution in [-0.4, -0.2) is 13.3 Å². The first-order chi connectivity index (χ1) is 8.26. The van der Waals surface area contributed by atoms with Gasteiger partial charge in [-0.2, -0.15) is 0 Å². The zero-order chi connectivity index (χ0) is 13.8. The average molecular weight is 281 g/mol. The van der Waals surface area contributed by atoms with Crippen LogP contribution in [0.5, 0.6) is 0 Å². The highest BCUT2D eigenvalue weighted by molar-refractivity contribution is 8.02. The van der Waals surface area contributed by atoms with E-state index in [1.165, 1.54) is 0 Å². The Hall–Kier alpha value is -0.743. The van der Waals surface area contributed by atoms with Crippen molar-refractivity contribution in [3.8, 4) is 0 Å². The van der Waals surface area contributed by atoms with E-state index in [2.05, 4.69) is 38.8 Å². The van der Waals surface area contributed by atoms with Gasteiger partial charge in [0.25, 0.3) is 8.32 Å².